The Kier molecular flexibility index (Phi) is 3.88. The second-order valence-corrected chi connectivity index (χ2v) is 8.14. The number of rotatable bonds is 2. The third-order valence-electron chi connectivity index (χ3n) is 4.56. The monoisotopic (exact) mass is 456 g/mol. The van der Waals surface area contributed by atoms with Gasteiger partial charge in [0, 0.05) is 10.0 Å². The minimum absolute atomic E-state index is 0.270. The molecule has 0 saturated carbocycles. The van der Waals surface area contributed by atoms with Crippen LogP contribution in [0.3, 0.4) is 0 Å². The van der Waals surface area contributed by atoms with E-state index in [0.29, 0.717) is 26.3 Å². The van der Waals surface area contributed by atoms with Crippen LogP contribution >= 0.6 is 27.3 Å². The van der Waals surface area contributed by atoms with Crippen molar-refractivity contribution in [2.24, 2.45) is 0 Å². The van der Waals surface area contributed by atoms with Crippen molar-refractivity contribution < 1.29 is 9.18 Å². The van der Waals surface area contributed by atoms with Gasteiger partial charge >= 0.3 is 0 Å². The Balaban J connectivity index is 1.73. The van der Waals surface area contributed by atoms with Crippen LogP contribution in [0.5, 0.6) is 0 Å². The molecule has 2 aromatic carbocycles. The third kappa shape index (κ3) is 2.58. The maximum absolute atomic E-state index is 13.3. The second kappa shape index (κ2) is 6.32. The summed E-state index contributed by atoms with van der Waals surface area (Å²) in [6.07, 6.45) is 1.31. The van der Waals surface area contributed by atoms with Gasteiger partial charge in [-0.05, 0) is 35.9 Å². The lowest BCUT2D eigenvalue weighted by atomic mass is 10.1. The van der Waals surface area contributed by atoms with Crippen molar-refractivity contribution in [1.82, 2.24) is 14.6 Å². The number of anilines is 1. The van der Waals surface area contributed by atoms with Crippen molar-refractivity contribution in [3.8, 4) is 0 Å². The summed E-state index contributed by atoms with van der Waals surface area (Å²) in [6, 6.07) is 11.5. The molecule has 1 aliphatic heterocycles. The average molecular weight is 457 g/mol. The summed E-state index contributed by atoms with van der Waals surface area (Å²) < 4.78 is 15.5. The van der Waals surface area contributed by atoms with Gasteiger partial charge in [0.2, 0.25) is 4.96 Å². The first kappa shape index (κ1) is 17.2. The Labute approximate surface area is 169 Å². The molecule has 0 atom stereocenters. The van der Waals surface area contributed by atoms with Crippen LogP contribution in [0.1, 0.15) is 11.1 Å². The molecular weight excluding hydrogens is 447 g/mol. The molecule has 0 bridgehead atoms. The molecule has 5 rings (SSSR count). The Bertz CT molecular complexity index is 1360. The zero-order valence-electron chi connectivity index (χ0n) is 14.1. The minimum atomic E-state index is -0.365. The van der Waals surface area contributed by atoms with Crippen molar-refractivity contribution >= 4 is 49.4 Å². The van der Waals surface area contributed by atoms with Gasteiger partial charge in [0.25, 0.3) is 11.5 Å². The number of hydrogen-bond donors (Lipinski definition) is 0. The van der Waals surface area contributed by atoms with Crippen molar-refractivity contribution in [1.29, 1.82) is 0 Å². The fraction of sp³-hybridized carbons (Fsp3) is 0.0526. The molecule has 3 heterocycles. The van der Waals surface area contributed by atoms with Gasteiger partial charge in [0.1, 0.15) is 16.7 Å². The van der Waals surface area contributed by atoms with E-state index in [1.165, 1.54) is 23.0 Å². The van der Waals surface area contributed by atoms with Crippen molar-refractivity contribution in [3.63, 3.8) is 0 Å². The summed E-state index contributed by atoms with van der Waals surface area (Å²) in [6.45, 7) is 0.270. The number of nitrogens with zero attached hydrogens (tertiary/aromatic N) is 4. The van der Waals surface area contributed by atoms with Gasteiger partial charge in [-0.2, -0.15) is 9.61 Å². The van der Waals surface area contributed by atoms with Crippen LogP contribution in [0, 0.1) is 5.82 Å². The fourth-order valence-electron chi connectivity index (χ4n) is 3.28. The summed E-state index contributed by atoms with van der Waals surface area (Å²) in [5.41, 5.74) is 2.12. The van der Waals surface area contributed by atoms with E-state index in [9.17, 15) is 14.0 Å². The number of halogens is 2. The van der Waals surface area contributed by atoms with Gasteiger partial charge in [0.05, 0.1) is 17.8 Å². The topological polar surface area (TPSA) is 67.6 Å². The molecule has 6 nitrogen and oxygen atoms in total. The first-order chi connectivity index (χ1) is 13.5. The van der Waals surface area contributed by atoms with Crippen LogP contribution in [0.25, 0.3) is 10.5 Å². The minimum Gasteiger partial charge on any atom is -0.303 e. The summed E-state index contributed by atoms with van der Waals surface area (Å²) in [4.78, 5) is 32.1. The SMILES string of the molecule is O=C1C(=c2sc3ncnn3c2=O)c2cc(Br)ccc2N1Cc1ccc(F)cc1. The normalized spacial score (nSPS) is 15.5. The number of carbonyl (C=O) groups is 1. The Morgan fingerprint density at radius 2 is 1.89 bits per heavy atom. The van der Waals surface area contributed by atoms with Gasteiger partial charge in [-0.3, -0.25) is 9.59 Å². The summed E-state index contributed by atoms with van der Waals surface area (Å²) in [7, 11) is 0. The Morgan fingerprint density at radius 1 is 1.11 bits per heavy atom. The van der Waals surface area contributed by atoms with E-state index in [-0.39, 0.29) is 23.8 Å². The number of fused-ring (bicyclic) bond motifs is 2. The van der Waals surface area contributed by atoms with E-state index in [4.69, 9.17) is 0 Å². The van der Waals surface area contributed by atoms with Gasteiger partial charge in [0.15, 0.2) is 0 Å². The molecule has 28 heavy (non-hydrogen) atoms. The van der Waals surface area contributed by atoms with Crippen LogP contribution in [-0.2, 0) is 11.3 Å². The van der Waals surface area contributed by atoms with E-state index in [1.807, 2.05) is 18.2 Å². The van der Waals surface area contributed by atoms with Gasteiger partial charge in [-0.15, -0.1) is 0 Å². The molecule has 1 amide bonds. The van der Waals surface area contributed by atoms with Crippen LogP contribution in [0.2, 0.25) is 0 Å². The highest BCUT2D eigenvalue weighted by Gasteiger charge is 2.34. The van der Waals surface area contributed by atoms with E-state index in [0.717, 1.165) is 21.4 Å². The van der Waals surface area contributed by atoms with Gasteiger partial charge in [-0.25, -0.2) is 9.37 Å². The molecule has 138 valence electrons. The molecule has 0 fully saturated rings. The van der Waals surface area contributed by atoms with Crippen LogP contribution in [-0.4, -0.2) is 20.5 Å². The molecule has 0 aliphatic carbocycles. The summed E-state index contributed by atoms with van der Waals surface area (Å²) >= 11 is 4.57. The zero-order valence-corrected chi connectivity index (χ0v) is 16.5. The number of carbonyl (C=O) groups excluding carboxylic acids is 1. The molecule has 0 unspecified atom stereocenters. The Hall–Kier alpha value is -2.91. The van der Waals surface area contributed by atoms with Crippen molar-refractivity contribution in [2.75, 3.05) is 4.90 Å². The highest BCUT2D eigenvalue weighted by molar-refractivity contribution is 9.10. The molecule has 0 radical (unpaired) electrons. The largest absolute Gasteiger partial charge is 0.303 e. The predicted molar refractivity (Wildman–Crippen MR) is 107 cm³/mol. The number of amides is 1. The lowest BCUT2D eigenvalue weighted by molar-refractivity contribution is -0.113. The predicted octanol–water partition coefficient (Wildman–Crippen LogP) is 2.52. The number of hydrogen-bond acceptors (Lipinski definition) is 5. The summed E-state index contributed by atoms with van der Waals surface area (Å²) in [5.74, 6) is -0.613. The third-order valence-corrected chi connectivity index (χ3v) is 6.09. The first-order valence-electron chi connectivity index (χ1n) is 8.26. The standard InChI is InChI=1S/C19H10BrFN4O2S/c20-11-3-6-14-13(7-11)15(16-18(27)25-19(28-16)22-9-23-25)17(26)24(14)8-10-1-4-12(21)5-2-10/h1-7,9H,8H2. The van der Waals surface area contributed by atoms with Crippen molar-refractivity contribution in [2.45, 2.75) is 6.54 Å². The highest BCUT2D eigenvalue weighted by atomic mass is 79.9. The lowest BCUT2D eigenvalue weighted by Crippen LogP contribution is -2.32. The summed E-state index contributed by atoms with van der Waals surface area (Å²) in [5, 5.41) is 3.92. The number of benzene rings is 2. The van der Waals surface area contributed by atoms with Gasteiger partial charge < -0.3 is 4.90 Å². The fourth-order valence-corrected chi connectivity index (χ4v) is 4.61. The van der Waals surface area contributed by atoms with E-state index in [2.05, 4.69) is 26.0 Å². The molecule has 4 aromatic rings. The highest BCUT2D eigenvalue weighted by Crippen LogP contribution is 2.38. The molecule has 0 spiro atoms. The number of thiazole rings is 1. The maximum Gasteiger partial charge on any atom is 0.291 e. The van der Waals surface area contributed by atoms with E-state index >= 15 is 0 Å². The molecule has 0 saturated heterocycles. The van der Waals surface area contributed by atoms with E-state index in [1.54, 1.807) is 17.0 Å². The van der Waals surface area contributed by atoms with Gasteiger partial charge in [-0.1, -0.05) is 39.4 Å². The second-order valence-electron chi connectivity index (χ2n) is 6.24. The maximum atomic E-state index is 13.3. The molecule has 9 heteroatoms. The molecular formula is C19H10BrFN4O2S. The Morgan fingerprint density at radius 3 is 2.64 bits per heavy atom. The molecule has 0 N–H and O–H groups in total. The molecule has 2 aromatic heterocycles. The quantitative estimate of drug-likeness (QED) is 0.464. The zero-order chi connectivity index (χ0) is 19.4. The lowest BCUT2D eigenvalue weighted by Gasteiger charge is -2.17. The van der Waals surface area contributed by atoms with Crippen LogP contribution < -0.4 is 15.0 Å². The van der Waals surface area contributed by atoms with E-state index < -0.39 is 0 Å². The van der Waals surface area contributed by atoms with Crippen molar-refractivity contribution in [3.05, 3.63) is 85.1 Å². The first-order valence-corrected chi connectivity index (χ1v) is 9.87. The number of aromatic nitrogens is 3. The smallest absolute Gasteiger partial charge is 0.291 e. The van der Waals surface area contributed by atoms with Crippen LogP contribution in [0.15, 0.2) is 58.1 Å². The van der Waals surface area contributed by atoms with Crippen LogP contribution in [0.4, 0.5) is 10.1 Å². The molecule has 1 aliphatic rings. The average Bonchev–Trinajstić information content (AvgIpc) is 3.32.